The van der Waals surface area contributed by atoms with Gasteiger partial charge in [0.15, 0.2) is 5.82 Å². The highest BCUT2D eigenvalue weighted by Gasteiger charge is 2.45. The summed E-state index contributed by atoms with van der Waals surface area (Å²) in [5.74, 6) is -1.52. The van der Waals surface area contributed by atoms with Crippen molar-refractivity contribution in [2.75, 3.05) is 6.54 Å². The fraction of sp³-hybridized carbons (Fsp3) is 0.447. The van der Waals surface area contributed by atoms with Crippen LogP contribution in [0.4, 0.5) is 13.2 Å². The number of aromatic nitrogens is 2. The Morgan fingerprint density at radius 3 is 2.49 bits per heavy atom. The number of carbonyl (C=O) groups is 3. The summed E-state index contributed by atoms with van der Waals surface area (Å²) in [6.45, 7) is 0.0527. The second kappa shape index (κ2) is 15.4. The number of amides is 3. The number of sulfonamides is 1. The third-order valence-corrected chi connectivity index (χ3v) is 12.3. The van der Waals surface area contributed by atoms with E-state index in [0.29, 0.717) is 52.8 Å². The Morgan fingerprint density at radius 1 is 1.04 bits per heavy atom. The van der Waals surface area contributed by atoms with Crippen LogP contribution in [0.1, 0.15) is 69.8 Å². The number of halogens is 4. The number of fused-ring (bicyclic) bond motifs is 3. The lowest BCUT2D eigenvalue weighted by Gasteiger charge is -2.21. The predicted molar refractivity (Wildman–Crippen MR) is 197 cm³/mol. The van der Waals surface area contributed by atoms with Gasteiger partial charge in [-0.05, 0) is 74.8 Å². The van der Waals surface area contributed by atoms with Crippen molar-refractivity contribution in [2.24, 2.45) is 17.6 Å². The van der Waals surface area contributed by atoms with Gasteiger partial charge in [-0.15, -0.1) is 0 Å². The summed E-state index contributed by atoms with van der Waals surface area (Å²) in [5.41, 5.74) is 6.11. The molecule has 2 aromatic heterocycles. The Balaban J connectivity index is 0.938. The molecule has 292 valence electrons. The van der Waals surface area contributed by atoms with E-state index in [4.69, 9.17) is 26.5 Å². The van der Waals surface area contributed by atoms with Gasteiger partial charge >= 0.3 is 6.18 Å². The Labute approximate surface area is 319 Å². The number of benzene rings is 2. The van der Waals surface area contributed by atoms with Crippen LogP contribution in [0.2, 0.25) is 5.02 Å². The minimum absolute atomic E-state index is 0.00853. The van der Waals surface area contributed by atoms with Crippen molar-refractivity contribution in [1.82, 2.24) is 19.6 Å². The maximum atomic E-state index is 13.3. The van der Waals surface area contributed by atoms with Crippen LogP contribution >= 0.6 is 11.6 Å². The first-order valence-electron chi connectivity index (χ1n) is 18.2. The number of primary amides is 1. The highest BCUT2D eigenvalue weighted by molar-refractivity contribution is 7.90. The summed E-state index contributed by atoms with van der Waals surface area (Å²) in [4.78, 5) is 48.6. The molecular formula is C38H39ClF3N5O7S. The van der Waals surface area contributed by atoms with E-state index in [9.17, 15) is 36.0 Å². The van der Waals surface area contributed by atoms with Crippen molar-refractivity contribution in [2.45, 2.75) is 87.8 Å². The number of carbonyl (C=O) groups excluding carboxylic acids is 3. The summed E-state index contributed by atoms with van der Waals surface area (Å²) >= 11 is 6.25. The first-order valence-corrected chi connectivity index (χ1v) is 20.2. The van der Waals surface area contributed by atoms with Crippen LogP contribution in [-0.2, 0) is 30.6 Å². The van der Waals surface area contributed by atoms with Gasteiger partial charge in [-0.3, -0.25) is 19.1 Å². The molecule has 2 saturated carbocycles. The Morgan fingerprint density at radius 2 is 1.78 bits per heavy atom. The smallest absolute Gasteiger partial charge is 0.416 e. The van der Waals surface area contributed by atoms with E-state index in [1.54, 1.807) is 18.2 Å². The van der Waals surface area contributed by atoms with Gasteiger partial charge in [0.25, 0.3) is 5.88 Å². The van der Waals surface area contributed by atoms with Gasteiger partial charge in [0.05, 0.1) is 17.4 Å². The third-order valence-electron chi connectivity index (χ3n) is 10.2. The molecule has 55 heavy (non-hydrogen) atoms. The molecule has 0 bridgehead atoms. The second-order valence-electron chi connectivity index (χ2n) is 14.4. The van der Waals surface area contributed by atoms with Crippen LogP contribution in [0, 0.1) is 11.8 Å². The van der Waals surface area contributed by atoms with Crippen LogP contribution < -0.4 is 15.2 Å². The topological polar surface area (TPSA) is 175 Å². The van der Waals surface area contributed by atoms with Crippen molar-refractivity contribution < 1.29 is 45.1 Å². The van der Waals surface area contributed by atoms with Crippen LogP contribution in [0.25, 0.3) is 33.5 Å². The largest absolute Gasteiger partial charge is 0.470 e. The molecule has 3 aliphatic rings. The van der Waals surface area contributed by atoms with E-state index in [1.165, 1.54) is 17.0 Å². The number of nitrogens with two attached hydrogens (primary N) is 1. The van der Waals surface area contributed by atoms with E-state index in [1.807, 2.05) is 12.2 Å². The van der Waals surface area contributed by atoms with Crippen molar-refractivity contribution in [3.63, 3.8) is 0 Å². The fourth-order valence-electron chi connectivity index (χ4n) is 6.91. The lowest BCUT2D eigenvalue weighted by atomic mass is 10.1. The summed E-state index contributed by atoms with van der Waals surface area (Å²) in [6.07, 6.45) is 4.82. The average Bonchev–Trinajstić information content (AvgIpc) is 4.06. The van der Waals surface area contributed by atoms with Crippen molar-refractivity contribution in [1.29, 1.82) is 0 Å². The van der Waals surface area contributed by atoms with Crippen LogP contribution in [0.3, 0.4) is 0 Å². The van der Waals surface area contributed by atoms with E-state index < -0.39 is 51.0 Å². The molecule has 12 nitrogen and oxygen atoms in total. The molecule has 1 saturated heterocycles. The normalized spacial score (nSPS) is 21.4. The SMILES string of the molecule is NC(=O)[C@@H]1C[C@@H](Oc2nc(-c3ccc(C(F)(F)F)cc3)nc3c2oc2ccc(Cl)cc23)CN1C(=O)CCCCCC/C=C\[C@@H]1C[C@@H]1C(=O)NS(=O)(=O)C1CC1. The van der Waals surface area contributed by atoms with E-state index >= 15 is 0 Å². The number of likely N-dealkylation sites (tertiary alicyclic amines) is 1. The zero-order valence-corrected chi connectivity index (χ0v) is 31.1. The summed E-state index contributed by atoms with van der Waals surface area (Å²) in [7, 11) is -3.53. The predicted octanol–water partition coefficient (Wildman–Crippen LogP) is 6.69. The maximum absolute atomic E-state index is 13.3. The molecular weight excluding hydrogens is 763 g/mol. The molecule has 3 fully saturated rings. The molecule has 2 aliphatic carbocycles. The van der Waals surface area contributed by atoms with E-state index in [-0.39, 0.29) is 54.4 Å². The summed E-state index contributed by atoms with van der Waals surface area (Å²) in [5, 5.41) is 0.519. The zero-order valence-electron chi connectivity index (χ0n) is 29.6. The number of hydrogen-bond donors (Lipinski definition) is 2. The van der Waals surface area contributed by atoms with Gasteiger partial charge in [-0.2, -0.15) is 18.2 Å². The maximum Gasteiger partial charge on any atom is 0.416 e. The minimum Gasteiger partial charge on any atom is -0.470 e. The summed E-state index contributed by atoms with van der Waals surface area (Å²) < 4.78 is 78.3. The number of unbranched alkanes of at least 4 members (excludes halogenated alkanes) is 4. The number of ether oxygens (including phenoxy) is 1. The number of rotatable bonds is 15. The second-order valence-corrected chi connectivity index (χ2v) is 16.8. The molecule has 17 heteroatoms. The molecule has 0 unspecified atom stereocenters. The summed E-state index contributed by atoms with van der Waals surface area (Å²) in [6, 6.07) is 8.41. The first kappa shape index (κ1) is 38.6. The standard InChI is InChI=1S/C38H39ClF3N5O7S/c39-24-13-16-30-28(18-24)32-33(54-30)37(45-35(44-32)21-9-11-23(12-10-21)38(40,41)42)53-25-19-29(34(43)49)47(20-25)31(48)8-6-4-2-1-3-5-7-22-17-27(22)36(50)46-55(51,52)26-14-15-26/h5,7,9-13,16,18,22,25-27,29H,1-4,6,8,14-15,17,19-20H2,(H2,43,49)(H,46,50)/b7-5-/t22-,25-,27+,29+/m1/s1. The lowest BCUT2D eigenvalue weighted by molar-refractivity contribution is -0.137. The number of allylic oxidation sites excluding steroid dienone is 2. The van der Waals surface area contributed by atoms with Gasteiger partial charge in [0, 0.05) is 34.7 Å². The Kier molecular flexibility index (Phi) is 10.8. The number of nitrogens with zero attached hydrogens (tertiary/aromatic N) is 3. The zero-order chi connectivity index (χ0) is 39.1. The van der Waals surface area contributed by atoms with Crippen molar-refractivity contribution in [3.8, 4) is 17.3 Å². The van der Waals surface area contributed by atoms with Crippen LogP contribution in [0.15, 0.2) is 59.0 Å². The number of furan rings is 1. The molecule has 0 radical (unpaired) electrons. The van der Waals surface area contributed by atoms with Crippen LogP contribution in [-0.4, -0.2) is 64.9 Å². The molecule has 2 aromatic carbocycles. The van der Waals surface area contributed by atoms with Gasteiger partial charge in [-0.25, -0.2) is 13.4 Å². The van der Waals surface area contributed by atoms with Crippen molar-refractivity contribution >= 4 is 61.4 Å². The molecule has 3 N–H and O–H groups in total. The molecule has 1 aliphatic heterocycles. The average molecular weight is 802 g/mol. The molecule has 0 spiro atoms. The van der Waals surface area contributed by atoms with Gasteiger partial charge in [-0.1, -0.05) is 48.7 Å². The highest BCUT2D eigenvalue weighted by atomic mass is 35.5. The monoisotopic (exact) mass is 801 g/mol. The van der Waals surface area contributed by atoms with Gasteiger partial charge in [0.1, 0.15) is 23.2 Å². The fourth-order valence-corrected chi connectivity index (χ4v) is 8.43. The molecule has 4 aromatic rings. The number of hydrogen-bond acceptors (Lipinski definition) is 9. The lowest BCUT2D eigenvalue weighted by Crippen LogP contribution is -2.43. The minimum atomic E-state index is -4.52. The Bertz CT molecular complexity index is 2260. The van der Waals surface area contributed by atoms with Crippen molar-refractivity contribution in [3.05, 3.63) is 65.2 Å². The van der Waals surface area contributed by atoms with E-state index in [2.05, 4.69) is 14.7 Å². The molecule has 4 atom stereocenters. The first-order chi connectivity index (χ1) is 26.2. The molecule has 7 rings (SSSR count). The third kappa shape index (κ3) is 8.90. The van der Waals surface area contributed by atoms with Crippen LogP contribution in [0.5, 0.6) is 5.88 Å². The molecule has 3 heterocycles. The Hall–Kier alpha value is -4.70. The van der Waals surface area contributed by atoms with Gasteiger partial charge < -0.3 is 19.8 Å². The quantitative estimate of drug-likeness (QED) is 0.0981. The molecule has 3 amide bonds. The van der Waals surface area contributed by atoms with E-state index in [0.717, 1.165) is 37.8 Å². The number of alkyl halides is 3. The highest BCUT2D eigenvalue weighted by Crippen LogP contribution is 2.41. The number of nitrogens with one attached hydrogen (secondary N) is 1. The van der Waals surface area contributed by atoms with Gasteiger partial charge in [0.2, 0.25) is 33.3 Å².